The van der Waals surface area contributed by atoms with E-state index < -0.39 is 35.8 Å². The molecule has 1 atom stereocenters. The van der Waals surface area contributed by atoms with Crippen LogP contribution in [0.15, 0.2) is 24.3 Å². The molecule has 27 heavy (non-hydrogen) atoms. The largest absolute Gasteiger partial charge is 0.573 e. The number of hydrazine groups is 1. The third-order valence-electron chi connectivity index (χ3n) is 2.70. The van der Waals surface area contributed by atoms with Crippen molar-refractivity contribution in [2.45, 2.75) is 38.8 Å². The second-order valence-corrected chi connectivity index (χ2v) is 6.55. The highest BCUT2D eigenvalue weighted by atomic mass is 35.5. The Hall–Kier alpha value is -2.20. The van der Waals surface area contributed by atoms with E-state index in [9.17, 15) is 22.8 Å². The zero-order valence-corrected chi connectivity index (χ0v) is 15.6. The fraction of sp³-hybridized carbons (Fsp3) is 0.500. The van der Waals surface area contributed by atoms with Crippen LogP contribution in [0.1, 0.15) is 32.4 Å². The van der Waals surface area contributed by atoms with Crippen molar-refractivity contribution in [3.63, 3.8) is 0 Å². The van der Waals surface area contributed by atoms with Crippen LogP contribution in [-0.4, -0.2) is 36.5 Å². The Morgan fingerprint density at radius 3 is 2.19 bits per heavy atom. The van der Waals surface area contributed by atoms with E-state index in [1.54, 1.807) is 20.8 Å². The van der Waals surface area contributed by atoms with E-state index >= 15 is 0 Å². The number of hydrogen-bond donors (Lipinski definition) is 2. The first-order valence-corrected chi connectivity index (χ1v) is 8.27. The zero-order valence-electron chi connectivity index (χ0n) is 14.9. The number of rotatable bonds is 6. The van der Waals surface area contributed by atoms with Gasteiger partial charge in [0.15, 0.2) is 6.10 Å². The summed E-state index contributed by atoms with van der Waals surface area (Å²) in [6.07, 6.45) is -6.94. The summed E-state index contributed by atoms with van der Waals surface area (Å²) in [7, 11) is 0. The van der Waals surface area contributed by atoms with Crippen LogP contribution in [0, 0.1) is 0 Å². The average molecular weight is 413 g/mol. The Morgan fingerprint density at radius 1 is 1.11 bits per heavy atom. The number of amides is 2. The SMILES string of the molecule is CC(C)(C)OC(=O)NNC(=O)C(OCCCl)c1ccc(OC(F)(F)F)cc1. The predicted octanol–water partition coefficient (Wildman–Crippen LogP) is 3.44. The molecule has 0 aliphatic carbocycles. The highest BCUT2D eigenvalue weighted by Crippen LogP contribution is 2.25. The first-order valence-electron chi connectivity index (χ1n) is 7.73. The van der Waals surface area contributed by atoms with Gasteiger partial charge in [0.1, 0.15) is 11.4 Å². The van der Waals surface area contributed by atoms with Crippen molar-refractivity contribution in [1.29, 1.82) is 0 Å². The molecule has 7 nitrogen and oxygen atoms in total. The summed E-state index contributed by atoms with van der Waals surface area (Å²) in [5.74, 6) is -1.14. The second-order valence-electron chi connectivity index (χ2n) is 6.17. The number of alkyl halides is 4. The van der Waals surface area contributed by atoms with Crippen molar-refractivity contribution in [1.82, 2.24) is 10.9 Å². The minimum absolute atomic E-state index is 0.00706. The van der Waals surface area contributed by atoms with Crippen LogP contribution in [0.25, 0.3) is 0 Å². The molecule has 1 aromatic rings. The van der Waals surface area contributed by atoms with Crippen molar-refractivity contribution in [2.24, 2.45) is 0 Å². The van der Waals surface area contributed by atoms with E-state index in [0.717, 1.165) is 12.1 Å². The minimum atomic E-state index is -4.83. The van der Waals surface area contributed by atoms with Gasteiger partial charge in [0, 0.05) is 5.88 Å². The van der Waals surface area contributed by atoms with Gasteiger partial charge in [-0.3, -0.25) is 10.2 Å². The molecule has 2 amide bonds. The summed E-state index contributed by atoms with van der Waals surface area (Å²) in [5.41, 5.74) is 3.65. The highest BCUT2D eigenvalue weighted by Gasteiger charge is 2.31. The lowest BCUT2D eigenvalue weighted by molar-refractivity contribution is -0.274. The Bertz CT molecular complexity index is 632. The van der Waals surface area contributed by atoms with Crippen LogP contribution in [0.4, 0.5) is 18.0 Å². The van der Waals surface area contributed by atoms with E-state index in [4.69, 9.17) is 21.1 Å². The van der Waals surface area contributed by atoms with Crippen LogP contribution in [0.3, 0.4) is 0 Å². The van der Waals surface area contributed by atoms with Gasteiger partial charge in [-0.15, -0.1) is 24.8 Å². The van der Waals surface area contributed by atoms with E-state index in [2.05, 4.69) is 15.6 Å². The maximum absolute atomic E-state index is 12.3. The van der Waals surface area contributed by atoms with E-state index in [1.807, 2.05) is 0 Å². The van der Waals surface area contributed by atoms with E-state index in [1.165, 1.54) is 12.1 Å². The predicted molar refractivity (Wildman–Crippen MR) is 90.1 cm³/mol. The highest BCUT2D eigenvalue weighted by molar-refractivity contribution is 6.18. The number of hydrogen-bond acceptors (Lipinski definition) is 5. The molecule has 0 aromatic heterocycles. The molecule has 1 rings (SSSR count). The topological polar surface area (TPSA) is 85.9 Å². The standard InChI is InChI=1S/C16H20ClF3N2O5/c1-15(2,3)27-14(24)22-21-13(23)12(25-9-8-17)10-4-6-11(7-5-10)26-16(18,19)20/h4-7,12H,8-9H2,1-3H3,(H,21,23)(H,22,24). The lowest BCUT2D eigenvalue weighted by Crippen LogP contribution is -2.46. The summed E-state index contributed by atoms with van der Waals surface area (Å²) in [6, 6.07) is 4.53. The van der Waals surface area contributed by atoms with Gasteiger partial charge in [0.2, 0.25) is 0 Å². The first kappa shape index (κ1) is 22.8. The molecule has 0 bridgehead atoms. The van der Waals surface area contributed by atoms with Crippen LogP contribution in [-0.2, 0) is 14.3 Å². The summed E-state index contributed by atoms with van der Waals surface area (Å²) < 4.78 is 50.7. The lowest BCUT2D eigenvalue weighted by Gasteiger charge is -2.21. The molecule has 0 saturated carbocycles. The minimum Gasteiger partial charge on any atom is -0.443 e. The van der Waals surface area contributed by atoms with Crippen molar-refractivity contribution in [3.05, 3.63) is 29.8 Å². The monoisotopic (exact) mass is 412 g/mol. The smallest absolute Gasteiger partial charge is 0.443 e. The molecule has 152 valence electrons. The molecule has 11 heteroatoms. The molecule has 0 aliphatic heterocycles. The van der Waals surface area contributed by atoms with Gasteiger partial charge >= 0.3 is 12.5 Å². The van der Waals surface area contributed by atoms with Crippen molar-refractivity contribution >= 4 is 23.6 Å². The fourth-order valence-electron chi connectivity index (χ4n) is 1.81. The van der Waals surface area contributed by atoms with Gasteiger partial charge in [-0.1, -0.05) is 12.1 Å². The molecule has 2 N–H and O–H groups in total. The van der Waals surface area contributed by atoms with Crippen molar-refractivity contribution < 1.29 is 37.0 Å². The first-order chi connectivity index (χ1) is 12.4. The fourth-order valence-corrected chi connectivity index (χ4v) is 1.90. The lowest BCUT2D eigenvalue weighted by atomic mass is 10.1. The molecular formula is C16H20ClF3N2O5. The molecule has 0 spiro atoms. The molecular weight excluding hydrogens is 393 g/mol. The average Bonchev–Trinajstić information content (AvgIpc) is 2.51. The molecule has 0 radical (unpaired) electrons. The van der Waals surface area contributed by atoms with Gasteiger partial charge < -0.3 is 14.2 Å². The van der Waals surface area contributed by atoms with Crippen LogP contribution in [0.5, 0.6) is 5.75 Å². The maximum atomic E-state index is 12.3. The van der Waals surface area contributed by atoms with Crippen molar-refractivity contribution in [2.75, 3.05) is 12.5 Å². The molecule has 1 aromatic carbocycles. The maximum Gasteiger partial charge on any atom is 0.573 e. The van der Waals surface area contributed by atoms with Gasteiger partial charge in [-0.05, 0) is 38.5 Å². The summed E-state index contributed by atoms with van der Waals surface area (Å²) in [5, 5.41) is 0. The number of carbonyl (C=O) groups is 2. The molecule has 0 heterocycles. The normalized spacial score (nSPS) is 12.9. The number of benzene rings is 1. The number of nitrogens with one attached hydrogen (secondary N) is 2. The van der Waals surface area contributed by atoms with E-state index in [0.29, 0.717) is 0 Å². The van der Waals surface area contributed by atoms with Crippen LogP contribution >= 0.6 is 11.6 Å². The van der Waals surface area contributed by atoms with Crippen molar-refractivity contribution in [3.8, 4) is 5.75 Å². The summed E-state index contributed by atoms with van der Waals surface area (Å²) in [6.45, 7) is 4.93. The number of halogens is 4. The third-order valence-corrected chi connectivity index (χ3v) is 2.86. The molecule has 0 fully saturated rings. The van der Waals surface area contributed by atoms with E-state index in [-0.39, 0.29) is 18.1 Å². The quantitative estimate of drug-likeness (QED) is 0.552. The molecule has 1 unspecified atom stereocenters. The molecule has 0 saturated heterocycles. The summed E-state index contributed by atoms with van der Waals surface area (Å²) >= 11 is 5.54. The van der Waals surface area contributed by atoms with Gasteiger partial charge in [-0.2, -0.15) is 0 Å². The van der Waals surface area contributed by atoms with Crippen LogP contribution < -0.4 is 15.6 Å². The summed E-state index contributed by atoms with van der Waals surface area (Å²) in [4.78, 5) is 23.9. The Kier molecular flexibility index (Phi) is 8.17. The number of ether oxygens (including phenoxy) is 3. The van der Waals surface area contributed by atoms with Gasteiger partial charge in [0.05, 0.1) is 6.61 Å². The Labute approximate surface area is 159 Å². The second kappa shape index (κ2) is 9.65. The Balaban J connectivity index is 2.79. The number of carbonyl (C=O) groups excluding carboxylic acids is 2. The Morgan fingerprint density at radius 2 is 1.70 bits per heavy atom. The van der Waals surface area contributed by atoms with Gasteiger partial charge in [-0.25, -0.2) is 10.2 Å². The molecule has 0 aliphatic rings. The van der Waals surface area contributed by atoms with Gasteiger partial charge in [0.25, 0.3) is 5.91 Å². The zero-order chi connectivity index (χ0) is 20.7. The third kappa shape index (κ3) is 9.34. The van der Waals surface area contributed by atoms with Crippen LogP contribution in [0.2, 0.25) is 0 Å².